The zero-order valence-corrected chi connectivity index (χ0v) is 18.0. The van der Waals surface area contributed by atoms with Crippen molar-refractivity contribution in [3.63, 3.8) is 0 Å². The van der Waals surface area contributed by atoms with Gasteiger partial charge in [0.05, 0.1) is 17.8 Å². The number of aryl methyl sites for hydroxylation is 1. The summed E-state index contributed by atoms with van der Waals surface area (Å²) in [5.74, 6) is -0.237. The summed E-state index contributed by atoms with van der Waals surface area (Å²) in [6.45, 7) is 2.60. The molecule has 0 fully saturated rings. The van der Waals surface area contributed by atoms with Crippen LogP contribution in [0.15, 0.2) is 91.4 Å². The van der Waals surface area contributed by atoms with Crippen molar-refractivity contribution in [1.82, 2.24) is 30.0 Å². The zero-order chi connectivity index (χ0) is 22.6. The molecular formula is C25H21N7O. The van der Waals surface area contributed by atoms with Crippen molar-refractivity contribution in [3.8, 4) is 16.9 Å². The number of aromatic nitrogens is 6. The third kappa shape index (κ3) is 4.54. The molecule has 0 bridgehead atoms. The first-order valence-corrected chi connectivity index (χ1v) is 10.5. The summed E-state index contributed by atoms with van der Waals surface area (Å²) in [7, 11) is 0. The lowest BCUT2D eigenvalue weighted by atomic mass is 10.1. The monoisotopic (exact) mass is 435 g/mol. The van der Waals surface area contributed by atoms with E-state index in [1.54, 1.807) is 10.9 Å². The van der Waals surface area contributed by atoms with E-state index in [1.165, 1.54) is 11.0 Å². The largest absolute Gasteiger partial charge is 0.322 e. The normalized spacial score (nSPS) is 10.8. The molecule has 8 nitrogen and oxygen atoms in total. The number of benzene rings is 3. The first-order valence-electron chi connectivity index (χ1n) is 10.5. The lowest BCUT2D eigenvalue weighted by Crippen LogP contribution is -2.12. The lowest BCUT2D eigenvalue weighted by Gasteiger charge is -2.07. The van der Waals surface area contributed by atoms with Crippen LogP contribution in [-0.2, 0) is 6.54 Å². The minimum absolute atomic E-state index is 0.237. The maximum absolute atomic E-state index is 13.3. The number of amides is 1. The number of rotatable bonds is 6. The van der Waals surface area contributed by atoms with Crippen LogP contribution in [0.4, 0.5) is 5.69 Å². The van der Waals surface area contributed by atoms with Crippen LogP contribution in [0.1, 0.15) is 21.5 Å². The molecule has 0 atom stereocenters. The average Bonchev–Trinajstić information content (AvgIpc) is 3.51. The maximum Gasteiger partial charge on any atom is 0.259 e. The predicted molar refractivity (Wildman–Crippen MR) is 125 cm³/mol. The Labute approximate surface area is 190 Å². The van der Waals surface area contributed by atoms with E-state index >= 15 is 0 Å². The number of hydrogen-bond donors (Lipinski definition) is 1. The second-order valence-corrected chi connectivity index (χ2v) is 7.70. The van der Waals surface area contributed by atoms with E-state index in [0.29, 0.717) is 23.5 Å². The molecule has 1 amide bonds. The second-order valence-electron chi connectivity index (χ2n) is 7.70. The summed E-state index contributed by atoms with van der Waals surface area (Å²) in [5.41, 5.74) is 5.67. The highest BCUT2D eigenvalue weighted by Crippen LogP contribution is 2.24. The molecule has 5 rings (SSSR count). The van der Waals surface area contributed by atoms with Crippen LogP contribution < -0.4 is 5.32 Å². The Morgan fingerprint density at radius 2 is 1.79 bits per heavy atom. The molecule has 162 valence electrons. The van der Waals surface area contributed by atoms with E-state index in [-0.39, 0.29) is 5.91 Å². The van der Waals surface area contributed by atoms with Crippen molar-refractivity contribution in [2.75, 3.05) is 5.32 Å². The highest BCUT2D eigenvalue weighted by atomic mass is 16.1. The van der Waals surface area contributed by atoms with Gasteiger partial charge < -0.3 is 5.32 Å². The number of hydrogen-bond acceptors (Lipinski definition) is 5. The van der Waals surface area contributed by atoms with Crippen LogP contribution >= 0.6 is 0 Å². The summed E-state index contributed by atoms with van der Waals surface area (Å²) < 4.78 is 3.34. The van der Waals surface area contributed by atoms with Crippen molar-refractivity contribution in [2.24, 2.45) is 0 Å². The average molecular weight is 435 g/mol. The van der Waals surface area contributed by atoms with Gasteiger partial charge in [-0.2, -0.15) is 5.10 Å². The fraction of sp³-hybridized carbons (Fsp3) is 0.0800. The number of nitrogens with one attached hydrogen (secondary N) is 1. The molecule has 33 heavy (non-hydrogen) atoms. The number of tetrazole rings is 1. The van der Waals surface area contributed by atoms with Crippen molar-refractivity contribution < 1.29 is 4.79 Å². The predicted octanol–water partition coefficient (Wildman–Crippen LogP) is 4.13. The van der Waals surface area contributed by atoms with Gasteiger partial charge in [0.15, 0.2) is 0 Å². The van der Waals surface area contributed by atoms with Gasteiger partial charge >= 0.3 is 0 Å². The Bertz CT molecular complexity index is 1370. The van der Waals surface area contributed by atoms with Gasteiger partial charge in [0.2, 0.25) is 0 Å². The highest BCUT2D eigenvalue weighted by molar-refractivity contribution is 6.08. The van der Waals surface area contributed by atoms with Crippen molar-refractivity contribution in [1.29, 1.82) is 0 Å². The van der Waals surface area contributed by atoms with Gasteiger partial charge in [-0.1, -0.05) is 66.2 Å². The molecule has 2 heterocycles. The van der Waals surface area contributed by atoms with Gasteiger partial charge in [-0.15, -0.1) is 5.10 Å². The Morgan fingerprint density at radius 3 is 2.55 bits per heavy atom. The Balaban J connectivity index is 1.47. The minimum Gasteiger partial charge on any atom is -0.322 e. The molecule has 1 N–H and O–H groups in total. The molecule has 8 heteroatoms. The highest BCUT2D eigenvalue weighted by Gasteiger charge is 2.19. The molecule has 0 radical (unpaired) electrons. The number of carbonyl (C=O) groups is 1. The molecule has 0 unspecified atom stereocenters. The standard InChI is InChI=1S/C25H21N7O/c1-18-10-12-20(13-11-18)24-23(16-31(28-24)15-19-6-3-2-4-7-19)25(33)27-21-8-5-9-22(14-21)32-17-26-29-30-32/h2-14,16-17H,15H2,1H3,(H,27,33). The van der Waals surface area contributed by atoms with E-state index in [1.807, 2.05) is 85.8 Å². The molecule has 0 saturated heterocycles. The van der Waals surface area contributed by atoms with Gasteiger partial charge in [0.1, 0.15) is 12.0 Å². The Hall–Kier alpha value is -4.59. The fourth-order valence-corrected chi connectivity index (χ4v) is 3.57. The van der Waals surface area contributed by atoms with Crippen molar-refractivity contribution in [3.05, 3.63) is 108 Å². The SMILES string of the molecule is Cc1ccc(-c2nn(Cc3ccccc3)cc2C(=O)Nc2cccc(-n3cnnn3)c2)cc1. The fourth-order valence-electron chi connectivity index (χ4n) is 3.57. The van der Waals surface area contributed by atoms with Crippen LogP contribution in [0.5, 0.6) is 0 Å². The lowest BCUT2D eigenvalue weighted by molar-refractivity contribution is 0.102. The van der Waals surface area contributed by atoms with Crippen LogP contribution in [0.2, 0.25) is 0 Å². The van der Waals surface area contributed by atoms with Gasteiger partial charge in [-0.05, 0) is 41.1 Å². The van der Waals surface area contributed by atoms with Crippen LogP contribution in [0.3, 0.4) is 0 Å². The Morgan fingerprint density at radius 1 is 0.970 bits per heavy atom. The van der Waals surface area contributed by atoms with Gasteiger partial charge in [-0.3, -0.25) is 9.48 Å². The van der Waals surface area contributed by atoms with E-state index in [2.05, 4.69) is 20.8 Å². The number of anilines is 1. The topological polar surface area (TPSA) is 90.5 Å². The van der Waals surface area contributed by atoms with E-state index in [0.717, 1.165) is 22.4 Å². The summed E-state index contributed by atoms with van der Waals surface area (Å²) in [5, 5.41) is 19.0. The maximum atomic E-state index is 13.3. The van der Waals surface area contributed by atoms with E-state index in [4.69, 9.17) is 5.10 Å². The third-order valence-corrected chi connectivity index (χ3v) is 5.24. The Kier molecular flexibility index (Phi) is 5.47. The molecule has 0 aliphatic heterocycles. The van der Waals surface area contributed by atoms with Crippen LogP contribution in [0.25, 0.3) is 16.9 Å². The zero-order valence-electron chi connectivity index (χ0n) is 18.0. The molecule has 3 aromatic carbocycles. The summed E-state index contributed by atoms with van der Waals surface area (Å²) in [6, 6.07) is 25.4. The second kappa shape index (κ2) is 8.88. The summed E-state index contributed by atoms with van der Waals surface area (Å²) in [4.78, 5) is 13.3. The van der Waals surface area contributed by atoms with Crippen molar-refractivity contribution >= 4 is 11.6 Å². The molecular weight excluding hydrogens is 414 g/mol. The quantitative estimate of drug-likeness (QED) is 0.433. The molecule has 0 spiro atoms. The molecule has 0 aliphatic carbocycles. The number of carbonyl (C=O) groups excluding carboxylic acids is 1. The first kappa shape index (κ1) is 20.3. The van der Waals surface area contributed by atoms with Crippen LogP contribution in [-0.4, -0.2) is 35.9 Å². The van der Waals surface area contributed by atoms with Gasteiger partial charge in [0.25, 0.3) is 5.91 Å². The van der Waals surface area contributed by atoms with E-state index < -0.39 is 0 Å². The van der Waals surface area contributed by atoms with E-state index in [9.17, 15) is 4.79 Å². The molecule has 2 aromatic heterocycles. The minimum atomic E-state index is -0.237. The van der Waals surface area contributed by atoms with Gasteiger partial charge in [0, 0.05) is 17.4 Å². The molecule has 0 saturated carbocycles. The molecule has 0 aliphatic rings. The first-order chi connectivity index (χ1) is 16.2. The summed E-state index contributed by atoms with van der Waals surface area (Å²) >= 11 is 0. The number of nitrogens with zero attached hydrogens (tertiary/aromatic N) is 6. The van der Waals surface area contributed by atoms with Gasteiger partial charge in [-0.25, -0.2) is 4.68 Å². The molecule has 5 aromatic rings. The van der Waals surface area contributed by atoms with Crippen molar-refractivity contribution in [2.45, 2.75) is 13.5 Å². The summed E-state index contributed by atoms with van der Waals surface area (Å²) in [6.07, 6.45) is 3.30. The third-order valence-electron chi connectivity index (χ3n) is 5.24. The smallest absolute Gasteiger partial charge is 0.259 e. The van der Waals surface area contributed by atoms with Crippen LogP contribution in [0, 0.1) is 6.92 Å².